The van der Waals surface area contributed by atoms with Crippen LogP contribution in [0.3, 0.4) is 0 Å². The maximum absolute atomic E-state index is 12.3. The van der Waals surface area contributed by atoms with E-state index in [1.807, 2.05) is 0 Å². The standard InChI is InChI=1S/C14H20N2O4S/c1-10-5-7-16(8-6-10)21(19,20)15-13-4-3-12(14(17)18)9-11(13)2/h3-4,9-10,15H,5-8H2,1-2H3,(H,17,18). The average molecular weight is 312 g/mol. The Bertz CT molecular complexity index is 634. The maximum atomic E-state index is 12.3. The van der Waals surface area contributed by atoms with Gasteiger partial charge in [0.15, 0.2) is 0 Å². The zero-order valence-corrected chi connectivity index (χ0v) is 13.0. The first-order valence-electron chi connectivity index (χ1n) is 6.91. The third-order valence-corrected chi connectivity index (χ3v) is 5.32. The molecule has 1 aromatic rings. The summed E-state index contributed by atoms with van der Waals surface area (Å²) in [5.74, 6) is -0.481. The molecule has 0 aliphatic carbocycles. The van der Waals surface area contributed by atoms with E-state index >= 15 is 0 Å². The Hall–Kier alpha value is -1.60. The number of anilines is 1. The lowest BCUT2D eigenvalue weighted by atomic mass is 10.0. The zero-order valence-electron chi connectivity index (χ0n) is 12.2. The van der Waals surface area contributed by atoms with Crippen molar-refractivity contribution in [2.45, 2.75) is 26.7 Å². The molecule has 6 nitrogen and oxygen atoms in total. The van der Waals surface area contributed by atoms with Gasteiger partial charge >= 0.3 is 16.2 Å². The van der Waals surface area contributed by atoms with E-state index < -0.39 is 16.2 Å². The highest BCUT2D eigenvalue weighted by Crippen LogP contribution is 2.22. The molecular formula is C14H20N2O4S. The third-order valence-electron chi connectivity index (χ3n) is 3.79. The fraction of sp³-hybridized carbons (Fsp3) is 0.500. The lowest BCUT2D eigenvalue weighted by Gasteiger charge is -2.29. The molecule has 7 heteroatoms. The molecule has 0 saturated carbocycles. The van der Waals surface area contributed by atoms with Crippen molar-refractivity contribution in [2.75, 3.05) is 17.8 Å². The van der Waals surface area contributed by atoms with E-state index in [1.165, 1.54) is 22.5 Å². The summed E-state index contributed by atoms with van der Waals surface area (Å²) >= 11 is 0. The van der Waals surface area contributed by atoms with Gasteiger partial charge in [-0.3, -0.25) is 4.72 Å². The van der Waals surface area contributed by atoms with E-state index in [0.29, 0.717) is 30.3 Å². The number of hydrogen-bond donors (Lipinski definition) is 2. The van der Waals surface area contributed by atoms with Gasteiger partial charge < -0.3 is 5.11 Å². The molecule has 2 N–H and O–H groups in total. The van der Waals surface area contributed by atoms with Crippen LogP contribution in [0.15, 0.2) is 18.2 Å². The minimum Gasteiger partial charge on any atom is -0.478 e. The molecule has 1 fully saturated rings. The van der Waals surface area contributed by atoms with Crippen LogP contribution in [0.4, 0.5) is 5.69 Å². The van der Waals surface area contributed by atoms with Crippen LogP contribution in [0.25, 0.3) is 0 Å². The molecule has 0 amide bonds. The number of carboxylic acids is 1. The molecule has 0 aromatic heterocycles. The minimum atomic E-state index is -3.58. The van der Waals surface area contributed by atoms with Crippen molar-refractivity contribution in [1.82, 2.24) is 4.31 Å². The number of benzene rings is 1. The molecule has 0 radical (unpaired) electrons. The van der Waals surface area contributed by atoms with Crippen LogP contribution in [-0.2, 0) is 10.2 Å². The highest BCUT2D eigenvalue weighted by molar-refractivity contribution is 7.90. The second-order valence-electron chi connectivity index (χ2n) is 5.52. The first-order valence-corrected chi connectivity index (χ1v) is 8.35. The van der Waals surface area contributed by atoms with Crippen LogP contribution in [0.1, 0.15) is 35.7 Å². The van der Waals surface area contributed by atoms with Gasteiger partial charge in [-0.1, -0.05) is 6.92 Å². The molecular weight excluding hydrogens is 292 g/mol. The van der Waals surface area contributed by atoms with E-state index in [9.17, 15) is 13.2 Å². The quantitative estimate of drug-likeness (QED) is 0.891. The number of aromatic carboxylic acids is 1. The van der Waals surface area contributed by atoms with E-state index in [-0.39, 0.29) is 5.56 Å². The number of nitrogens with one attached hydrogen (secondary N) is 1. The third kappa shape index (κ3) is 3.74. The summed E-state index contributed by atoms with van der Waals surface area (Å²) in [5, 5.41) is 8.91. The predicted octanol–water partition coefficient (Wildman–Crippen LogP) is 2.08. The Kier molecular flexibility index (Phi) is 4.53. The molecule has 1 aromatic carbocycles. The number of aryl methyl sites for hydroxylation is 1. The number of hydrogen-bond acceptors (Lipinski definition) is 3. The topological polar surface area (TPSA) is 86.7 Å². The van der Waals surface area contributed by atoms with E-state index in [0.717, 1.165) is 12.8 Å². The Balaban J connectivity index is 2.15. The summed E-state index contributed by atoms with van der Waals surface area (Å²) in [7, 11) is -3.58. The number of carboxylic acid groups (broad SMARTS) is 1. The smallest absolute Gasteiger partial charge is 0.335 e. The van der Waals surface area contributed by atoms with E-state index in [2.05, 4.69) is 11.6 Å². The Morgan fingerprint density at radius 3 is 2.48 bits per heavy atom. The summed E-state index contributed by atoms with van der Waals surface area (Å²) in [4.78, 5) is 10.9. The van der Waals surface area contributed by atoms with E-state index in [1.54, 1.807) is 6.92 Å². The van der Waals surface area contributed by atoms with Crippen molar-refractivity contribution in [3.05, 3.63) is 29.3 Å². The van der Waals surface area contributed by atoms with Gasteiger partial charge in [0.25, 0.3) is 0 Å². The highest BCUT2D eigenvalue weighted by Gasteiger charge is 2.26. The van der Waals surface area contributed by atoms with Crippen LogP contribution < -0.4 is 4.72 Å². The molecule has 0 bridgehead atoms. The van der Waals surface area contributed by atoms with Crippen molar-refractivity contribution >= 4 is 21.9 Å². The molecule has 0 atom stereocenters. The summed E-state index contributed by atoms with van der Waals surface area (Å²) < 4.78 is 28.6. The van der Waals surface area contributed by atoms with Gasteiger partial charge in [0, 0.05) is 13.1 Å². The molecule has 1 saturated heterocycles. The van der Waals surface area contributed by atoms with Crippen LogP contribution in [-0.4, -0.2) is 36.9 Å². The SMILES string of the molecule is Cc1cc(C(=O)O)ccc1NS(=O)(=O)N1CCC(C)CC1. The number of carbonyl (C=O) groups is 1. The average Bonchev–Trinajstić information content (AvgIpc) is 2.41. The molecule has 2 rings (SSSR count). The summed E-state index contributed by atoms with van der Waals surface area (Å²) in [5.41, 5.74) is 1.14. The van der Waals surface area contributed by atoms with Gasteiger partial charge in [-0.25, -0.2) is 4.79 Å². The first-order chi connectivity index (χ1) is 9.79. The van der Waals surface area contributed by atoms with Crippen LogP contribution >= 0.6 is 0 Å². The fourth-order valence-corrected chi connectivity index (χ4v) is 3.67. The Morgan fingerprint density at radius 2 is 1.95 bits per heavy atom. The Labute approximate surface area is 125 Å². The first kappa shape index (κ1) is 15.8. The van der Waals surface area contributed by atoms with Crippen molar-refractivity contribution in [3.8, 4) is 0 Å². The molecule has 1 aliphatic rings. The van der Waals surface area contributed by atoms with Gasteiger partial charge in [-0.15, -0.1) is 0 Å². The van der Waals surface area contributed by atoms with Gasteiger partial charge in [-0.05, 0) is 49.4 Å². The van der Waals surface area contributed by atoms with Gasteiger partial charge in [0.2, 0.25) is 0 Å². The van der Waals surface area contributed by atoms with Gasteiger partial charge in [-0.2, -0.15) is 12.7 Å². The summed E-state index contributed by atoms with van der Waals surface area (Å²) in [6, 6.07) is 4.34. The lowest BCUT2D eigenvalue weighted by Crippen LogP contribution is -2.41. The minimum absolute atomic E-state index is 0.141. The van der Waals surface area contributed by atoms with Crippen molar-refractivity contribution in [3.63, 3.8) is 0 Å². The van der Waals surface area contributed by atoms with Crippen LogP contribution in [0, 0.1) is 12.8 Å². The second kappa shape index (κ2) is 6.03. The predicted molar refractivity (Wildman–Crippen MR) is 80.7 cm³/mol. The lowest BCUT2D eigenvalue weighted by molar-refractivity contribution is 0.0697. The van der Waals surface area contributed by atoms with Gasteiger partial charge in [0.1, 0.15) is 0 Å². The number of nitrogens with zero attached hydrogens (tertiary/aromatic N) is 1. The van der Waals surface area contributed by atoms with E-state index in [4.69, 9.17) is 5.11 Å². The molecule has 0 spiro atoms. The molecule has 0 unspecified atom stereocenters. The largest absolute Gasteiger partial charge is 0.478 e. The zero-order chi connectivity index (χ0) is 15.6. The molecule has 1 heterocycles. The van der Waals surface area contributed by atoms with Crippen molar-refractivity contribution in [2.24, 2.45) is 5.92 Å². The van der Waals surface area contributed by atoms with Crippen molar-refractivity contribution < 1.29 is 18.3 Å². The molecule has 21 heavy (non-hydrogen) atoms. The fourth-order valence-electron chi connectivity index (χ4n) is 2.34. The number of rotatable bonds is 4. The number of piperidine rings is 1. The second-order valence-corrected chi connectivity index (χ2v) is 7.19. The monoisotopic (exact) mass is 312 g/mol. The van der Waals surface area contributed by atoms with Crippen LogP contribution in [0.2, 0.25) is 0 Å². The maximum Gasteiger partial charge on any atom is 0.335 e. The Morgan fingerprint density at radius 1 is 1.33 bits per heavy atom. The molecule has 116 valence electrons. The normalized spacial score (nSPS) is 17.6. The molecule has 1 aliphatic heterocycles. The summed E-state index contributed by atoms with van der Waals surface area (Å²) in [6.07, 6.45) is 1.72. The van der Waals surface area contributed by atoms with Crippen molar-refractivity contribution in [1.29, 1.82) is 0 Å². The van der Waals surface area contributed by atoms with Gasteiger partial charge in [0.05, 0.1) is 11.3 Å². The van der Waals surface area contributed by atoms with Crippen LogP contribution in [0.5, 0.6) is 0 Å². The highest BCUT2D eigenvalue weighted by atomic mass is 32.2. The summed E-state index contributed by atoms with van der Waals surface area (Å²) in [6.45, 7) is 4.83.